The summed E-state index contributed by atoms with van der Waals surface area (Å²) >= 11 is 7.06. The summed E-state index contributed by atoms with van der Waals surface area (Å²) in [4.78, 5) is 52.1. The van der Waals surface area contributed by atoms with Gasteiger partial charge in [-0.05, 0) is 43.3 Å². The fourth-order valence-electron chi connectivity index (χ4n) is 3.32. The van der Waals surface area contributed by atoms with Gasteiger partial charge in [0.25, 0.3) is 17.7 Å². The lowest BCUT2D eigenvalue weighted by Crippen LogP contribution is -2.28. The molecule has 0 saturated heterocycles. The smallest absolute Gasteiger partial charge is 0.341 e. The lowest BCUT2D eigenvalue weighted by Gasteiger charge is -2.12. The maximum absolute atomic E-state index is 12.7. The Bertz CT molecular complexity index is 1220. The summed E-state index contributed by atoms with van der Waals surface area (Å²) in [7, 11) is 0. The first-order valence-corrected chi connectivity index (χ1v) is 10.9. The van der Waals surface area contributed by atoms with Crippen molar-refractivity contribution in [1.82, 2.24) is 4.90 Å². The molecule has 0 bridgehead atoms. The molecular weight excluding hydrogens is 452 g/mol. The normalized spacial score (nSPS) is 12.6. The standard InChI is InChI=1S/C23H17ClN2O5S/c1-2-31-23(30)18-11-15(12-26-21(28)16-8-3-4-9-17(16)22(26)29)32-20(18)25-19(27)13-6-5-7-14(24)10-13/h3-11H,2,12H2,1H3,(H,25,27). The topological polar surface area (TPSA) is 92.8 Å². The number of fused-ring (bicyclic) bond motifs is 1. The van der Waals surface area contributed by atoms with Gasteiger partial charge in [0.1, 0.15) is 5.00 Å². The third-order valence-corrected chi connectivity index (χ3v) is 6.05. The van der Waals surface area contributed by atoms with Crippen LogP contribution in [0, 0.1) is 0 Å². The van der Waals surface area contributed by atoms with Crippen LogP contribution in [-0.2, 0) is 11.3 Å². The minimum Gasteiger partial charge on any atom is -0.462 e. The third-order valence-electron chi connectivity index (χ3n) is 4.78. The largest absolute Gasteiger partial charge is 0.462 e. The molecule has 32 heavy (non-hydrogen) atoms. The van der Waals surface area contributed by atoms with Crippen molar-refractivity contribution in [3.63, 3.8) is 0 Å². The van der Waals surface area contributed by atoms with Crippen molar-refractivity contribution in [2.75, 3.05) is 11.9 Å². The zero-order valence-corrected chi connectivity index (χ0v) is 18.5. The molecular formula is C23H17ClN2O5S. The minimum absolute atomic E-state index is 0.0313. The van der Waals surface area contributed by atoms with Gasteiger partial charge in [-0.2, -0.15) is 0 Å². The lowest BCUT2D eigenvalue weighted by atomic mass is 10.1. The van der Waals surface area contributed by atoms with Crippen LogP contribution in [0.2, 0.25) is 5.02 Å². The number of thiophene rings is 1. The fourth-order valence-corrected chi connectivity index (χ4v) is 4.54. The molecule has 0 saturated carbocycles. The zero-order valence-electron chi connectivity index (χ0n) is 16.9. The number of carbonyl (C=O) groups is 4. The Kier molecular flexibility index (Phi) is 6.07. The van der Waals surface area contributed by atoms with E-state index in [1.807, 2.05) is 0 Å². The molecule has 3 amide bonds. The number of halogens is 1. The lowest BCUT2D eigenvalue weighted by molar-refractivity contribution is 0.0527. The molecule has 1 aliphatic heterocycles. The van der Waals surface area contributed by atoms with Crippen LogP contribution in [0.15, 0.2) is 54.6 Å². The number of hydrogen-bond donors (Lipinski definition) is 1. The van der Waals surface area contributed by atoms with Gasteiger partial charge < -0.3 is 10.1 Å². The monoisotopic (exact) mass is 468 g/mol. The molecule has 9 heteroatoms. The molecule has 0 aliphatic carbocycles. The summed E-state index contributed by atoms with van der Waals surface area (Å²) in [6.45, 7) is 1.80. The first-order chi connectivity index (χ1) is 15.4. The molecule has 0 radical (unpaired) electrons. The molecule has 1 N–H and O–H groups in total. The molecule has 0 unspecified atom stereocenters. The van der Waals surface area contributed by atoms with Crippen molar-refractivity contribution >= 4 is 51.6 Å². The van der Waals surface area contributed by atoms with Gasteiger partial charge in [0, 0.05) is 15.5 Å². The number of nitrogens with one attached hydrogen (secondary N) is 1. The summed E-state index contributed by atoms with van der Waals surface area (Å²) in [5.41, 5.74) is 1.16. The first kappa shape index (κ1) is 21.7. The number of carbonyl (C=O) groups excluding carboxylic acids is 4. The molecule has 162 valence electrons. The van der Waals surface area contributed by atoms with Crippen molar-refractivity contribution in [3.05, 3.63) is 86.8 Å². The highest BCUT2D eigenvalue weighted by molar-refractivity contribution is 7.16. The number of nitrogens with zero attached hydrogens (tertiary/aromatic N) is 1. The molecule has 2 heterocycles. The average Bonchev–Trinajstić information content (AvgIpc) is 3.28. The molecule has 2 aromatic carbocycles. The Morgan fingerprint density at radius 3 is 2.34 bits per heavy atom. The van der Waals surface area contributed by atoms with Crippen LogP contribution < -0.4 is 5.32 Å². The van der Waals surface area contributed by atoms with E-state index in [1.54, 1.807) is 49.4 Å². The Balaban J connectivity index is 1.61. The predicted octanol–water partition coefficient (Wildman–Crippen LogP) is 4.63. The Morgan fingerprint density at radius 1 is 1.03 bits per heavy atom. The van der Waals surface area contributed by atoms with Crippen molar-refractivity contribution in [3.8, 4) is 0 Å². The van der Waals surface area contributed by atoms with E-state index >= 15 is 0 Å². The van der Waals surface area contributed by atoms with Crippen LogP contribution in [0.25, 0.3) is 0 Å². The fraction of sp³-hybridized carbons (Fsp3) is 0.130. The second-order valence-electron chi connectivity index (χ2n) is 6.88. The number of ether oxygens (including phenoxy) is 1. The molecule has 0 fully saturated rings. The van der Waals surface area contributed by atoms with Crippen LogP contribution >= 0.6 is 22.9 Å². The Hall–Kier alpha value is -3.49. The zero-order chi connectivity index (χ0) is 22.8. The first-order valence-electron chi connectivity index (χ1n) is 9.71. The molecule has 1 aromatic heterocycles. The van der Waals surface area contributed by atoms with E-state index in [9.17, 15) is 19.2 Å². The molecule has 7 nitrogen and oxygen atoms in total. The summed E-state index contributed by atoms with van der Waals surface area (Å²) in [6, 6.07) is 14.5. The minimum atomic E-state index is -0.612. The number of benzene rings is 2. The van der Waals surface area contributed by atoms with Gasteiger partial charge in [0.05, 0.1) is 29.8 Å². The van der Waals surface area contributed by atoms with E-state index in [1.165, 1.54) is 12.1 Å². The second-order valence-corrected chi connectivity index (χ2v) is 8.46. The van der Waals surface area contributed by atoms with Gasteiger partial charge in [-0.25, -0.2) is 4.79 Å². The van der Waals surface area contributed by atoms with Crippen molar-refractivity contribution in [2.45, 2.75) is 13.5 Å². The molecule has 1 aliphatic rings. The van der Waals surface area contributed by atoms with Gasteiger partial charge in [0.2, 0.25) is 0 Å². The van der Waals surface area contributed by atoms with Crippen LogP contribution in [0.4, 0.5) is 5.00 Å². The van der Waals surface area contributed by atoms with E-state index in [-0.39, 0.29) is 23.7 Å². The summed E-state index contributed by atoms with van der Waals surface area (Å²) in [6.07, 6.45) is 0. The number of anilines is 1. The van der Waals surface area contributed by atoms with Crippen LogP contribution in [0.3, 0.4) is 0 Å². The number of amides is 3. The Labute approximate surface area is 192 Å². The van der Waals surface area contributed by atoms with Crippen molar-refractivity contribution in [1.29, 1.82) is 0 Å². The van der Waals surface area contributed by atoms with Crippen molar-refractivity contribution < 1.29 is 23.9 Å². The van der Waals surface area contributed by atoms with Gasteiger partial charge in [-0.1, -0.05) is 29.8 Å². The van der Waals surface area contributed by atoms with Crippen LogP contribution in [-0.4, -0.2) is 35.2 Å². The highest BCUT2D eigenvalue weighted by Gasteiger charge is 2.35. The van der Waals surface area contributed by atoms with E-state index in [0.29, 0.717) is 26.6 Å². The van der Waals surface area contributed by atoms with Gasteiger partial charge in [0.15, 0.2) is 0 Å². The number of rotatable bonds is 6. The van der Waals surface area contributed by atoms with Gasteiger partial charge in [-0.15, -0.1) is 11.3 Å². The average molecular weight is 469 g/mol. The summed E-state index contributed by atoms with van der Waals surface area (Å²) in [5.74, 6) is -1.87. The van der Waals surface area contributed by atoms with E-state index in [4.69, 9.17) is 16.3 Å². The summed E-state index contributed by atoms with van der Waals surface area (Å²) < 4.78 is 5.10. The second kappa shape index (κ2) is 8.94. The highest BCUT2D eigenvalue weighted by atomic mass is 35.5. The number of imide groups is 1. The van der Waals surface area contributed by atoms with Gasteiger partial charge in [-0.3, -0.25) is 19.3 Å². The third kappa shape index (κ3) is 4.15. The van der Waals surface area contributed by atoms with Crippen LogP contribution in [0.5, 0.6) is 0 Å². The quantitative estimate of drug-likeness (QED) is 0.420. The molecule has 0 atom stereocenters. The molecule has 0 spiro atoms. The van der Waals surface area contributed by atoms with E-state index in [2.05, 4.69) is 5.32 Å². The van der Waals surface area contributed by atoms with Crippen LogP contribution in [0.1, 0.15) is 53.2 Å². The SMILES string of the molecule is CCOC(=O)c1cc(CN2C(=O)c3ccccc3C2=O)sc1NC(=O)c1cccc(Cl)c1. The molecule has 3 aromatic rings. The number of hydrogen-bond acceptors (Lipinski definition) is 6. The van der Waals surface area contributed by atoms with Crippen molar-refractivity contribution in [2.24, 2.45) is 0 Å². The maximum Gasteiger partial charge on any atom is 0.341 e. The summed E-state index contributed by atoms with van der Waals surface area (Å²) in [5, 5.41) is 3.38. The predicted molar refractivity (Wildman–Crippen MR) is 120 cm³/mol. The van der Waals surface area contributed by atoms with Gasteiger partial charge >= 0.3 is 5.97 Å². The van der Waals surface area contributed by atoms with E-state index in [0.717, 1.165) is 16.2 Å². The highest BCUT2D eigenvalue weighted by Crippen LogP contribution is 2.33. The number of esters is 1. The maximum atomic E-state index is 12.7. The Morgan fingerprint density at radius 2 is 1.72 bits per heavy atom. The molecule has 4 rings (SSSR count). The van der Waals surface area contributed by atoms with E-state index < -0.39 is 23.7 Å².